The minimum atomic E-state index is -3.93. The topological polar surface area (TPSA) is 95.9 Å². The van der Waals surface area contributed by atoms with Gasteiger partial charge in [0.15, 0.2) is 0 Å². The van der Waals surface area contributed by atoms with Gasteiger partial charge in [0, 0.05) is 13.1 Å². The van der Waals surface area contributed by atoms with Crippen molar-refractivity contribution >= 4 is 27.5 Å². The zero-order chi connectivity index (χ0) is 27.0. The normalized spacial score (nSPS) is 13.4. The first-order valence-electron chi connectivity index (χ1n) is 12.0. The van der Waals surface area contributed by atoms with E-state index in [9.17, 15) is 18.3 Å². The van der Waals surface area contributed by atoms with E-state index in [2.05, 4.69) is 5.32 Å². The van der Waals surface area contributed by atoms with Crippen molar-refractivity contribution in [2.45, 2.75) is 37.3 Å². The smallest absolute Gasteiger partial charge is 0.253 e. The molecule has 3 aromatic rings. The standard InChI is InChI=1S/C28H33ClN2O5S/c1-20(2)18-31(37(34,35)23-15-13-22(36-3)14-16-23)19-27(32)26(17-21-9-5-4-6-10-21)30-28(33)24-11-7-8-12-25(24)29/h4-16,20,26-27,32H,17-19H2,1-3H3,(H,30,33)/t26-,27+/m0/s1. The van der Waals surface area contributed by atoms with Crippen molar-refractivity contribution in [1.29, 1.82) is 0 Å². The van der Waals surface area contributed by atoms with E-state index in [0.29, 0.717) is 12.2 Å². The van der Waals surface area contributed by atoms with Gasteiger partial charge in [-0.15, -0.1) is 0 Å². The minimum absolute atomic E-state index is 0.00510. The summed E-state index contributed by atoms with van der Waals surface area (Å²) in [6, 6.07) is 21.4. The van der Waals surface area contributed by atoms with Gasteiger partial charge in [-0.1, -0.05) is 67.9 Å². The van der Waals surface area contributed by atoms with Crippen molar-refractivity contribution in [2.24, 2.45) is 5.92 Å². The second kappa shape index (κ2) is 13.1. The Morgan fingerprint density at radius 1 is 0.973 bits per heavy atom. The van der Waals surface area contributed by atoms with Crippen LogP contribution in [0.15, 0.2) is 83.8 Å². The Hall–Kier alpha value is -2.91. The zero-order valence-electron chi connectivity index (χ0n) is 21.2. The number of sulfonamides is 1. The number of aliphatic hydroxyl groups excluding tert-OH is 1. The van der Waals surface area contributed by atoms with Gasteiger partial charge in [-0.25, -0.2) is 8.42 Å². The molecule has 37 heavy (non-hydrogen) atoms. The highest BCUT2D eigenvalue weighted by Gasteiger charge is 2.31. The van der Waals surface area contributed by atoms with Crippen LogP contribution in [0.2, 0.25) is 5.02 Å². The fourth-order valence-corrected chi connectivity index (χ4v) is 5.80. The second-order valence-corrected chi connectivity index (χ2v) is 11.6. The average molecular weight is 545 g/mol. The molecule has 0 aliphatic heterocycles. The summed E-state index contributed by atoms with van der Waals surface area (Å²) in [4.78, 5) is 13.2. The number of amides is 1. The summed E-state index contributed by atoms with van der Waals surface area (Å²) in [6.45, 7) is 3.81. The molecule has 3 rings (SSSR count). The highest BCUT2D eigenvalue weighted by Crippen LogP contribution is 2.22. The lowest BCUT2D eigenvalue weighted by Gasteiger charge is -2.31. The Morgan fingerprint density at radius 3 is 2.19 bits per heavy atom. The number of nitrogens with one attached hydrogen (secondary N) is 1. The lowest BCUT2D eigenvalue weighted by Crippen LogP contribution is -2.51. The van der Waals surface area contributed by atoms with E-state index in [1.54, 1.807) is 36.4 Å². The Bertz CT molecular complexity index is 1270. The van der Waals surface area contributed by atoms with Gasteiger partial charge in [-0.3, -0.25) is 4.79 Å². The Morgan fingerprint density at radius 2 is 1.59 bits per heavy atom. The fraction of sp³-hybridized carbons (Fsp3) is 0.321. The van der Waals surface area contributed by atoms with Crippen LogP contribution in [0.1, 0.15) is 29.8 Å². The van der Waals surface area contributed by atoms with Crippen LogP contribution in [0.4, 0.5) is 0 Å². The van der Waals surface area contributed by atoms with Gasteiger partial charge < -0.3 is 15.2 Å². The molecule has 0 fully saturated rings. The number of carbonyl (C=O) groups excluding carboxylic acids is 1. The first-order valence-corrected chi connectivity index (χ1v) is 13.8. The Kier molecular flexibility index (Phi) is 10.1. The molecule has 9 heteroatoms. The molecule has 0 bridgehead atoms. The van der Waals surface area contributed by atoms with Crippen molar-refractivity contribution in [1.82, 2.24) is 9.62 Å². The maximum atomic E-state index is 13.5. The van der Waals surface area contributed by atoms with E-state index in [1.165, 1.54) is 23.5 Å². The highest BCUT2D eigenvalue weighted by molar-refractivity contribution is 7.89. The Balaban J connectivity index is 1.89. The summed E-state index contributed by atoms with van der Waals surface area (Å²) in [5, 5.41) is 14.5. The maximum Gasteiger partial charge on any atom is 0.253 e. The van der Waals surface area contributed by atoms with E-state index in [-0.39, 0.29) is 34.5 Å². The molecule has 1 amide bonds. The largest absolute Gasteiger partial charge is 0.497 e. The molecule has 0 aliphatic rings. The van der Waals surface area contributed by atoms with Crippen molar-refractivity contribution in [3.05, 3.63) is 95.0 Å². The third-order valence-electron chi connectivity index (χ3n) is 5.85. The van der Waals surface area contributed by atoms with Gasteiger partial charge in [0.25, 0.3) is 5.91 Å². The highest BCUT2D eigenvalue weighted by atomic mass is 35.5. The van der Waals surface area contributed by atoms with Gasteiger partial charge in [0.1, 0.15) is 5.75 Å². The summed E-state index contributed by atoms with van der Waals surface area (Å²) >= 11 is 6.21. The van der Waals surface area contributed by atoms with Gasteiger partial charge in [0.2, 0.25) is 10.0 Å². The lowest BCUT2D eigenvalue weighted by atomic mass is 10.00. The molecule has 0 spiro atoms. The number of hydrogen-bond acceptors (Lipinski definition) is 5. The van der Waals surface area contributed by atoms with E-state index >= 15 is 0 Å². The molecular formula is C28H33ClN2O5S. The summed E-state index contributed by atoms with van der Waals surface area (Å²) in [5.41, 5.74) is 1.17. The van der Waals surface area contributed by atoms with E-state index < -0.39 is 28.1 Å². The SMILES string of the molecule is COc1ccc(S(=O)(=O)N(CC(C)C)C[C@@H](O)[C@H](Cc2ccccc2)NC(=O)c2ccccc2Cl)cc1. The summed E-state index contributed by atoms with van der Waals surface area (Å²) in [6.07, 6.45) is -0.894. The predicted molar refractivity (Wildman–Crippen MR) is 145 cm³/mol. The number of ether oxygens (including phenoxy) is 1. The molecule has 0 radical (unpaired) electrons. The molecule has 0 heterocycles. The average Bonchev–Trinajstić information content (AvgIpc) is 2.88. The number of rotatable bonds is 12. The molecule has 3 aromatic carbocycles. The number of nitrogens with zero attached hydrogens (tertiary/aromatic N) is 1. The van der Waals surface area contributed by atoms with Crippen LogP contribution in [-0.2, 0) is 16.4 Å². The number of halogens is 1. The quantitative estimate of drug-likeness (QED) is 0.352. The van der Waals surface area contributed by atoms with E-state index in [1.807, 2.05) is 44.2 Å². The fourth-order valence-electron chi connectivity index (χ4n) is 3.95. The zero-order valence-corrected chi connectivity index (χ0v) is 22.7. The second-order valence-electron chi connectivity index (χ2n) is 9.21. The monoisotopic (exact) mass is 544 g/mol. The molecule has 198 valence electrons. The summed E-state index contributed by atoms with van der Waals surface area (Å²) in [7, 11) is -2.42. The molecular weight excluding hydrogens is 512 g/mol. The molecule has 0 aromatic heterocycles. The summed E-state index contributed by atoms with van der Waals surface area (Å²) < 4.78 is 33.5. The van der Waals surface area contributed by atoms with Crippen LogP contribution < -0.4 is 10.1 Å². The number of aliphatic hydroxyl groups is 1. The van der Waals surface area contributed by atoms with Crippen LogP contribution in [0.3, 0.4) is 0 Å². The van der Waals surface area contributed by atoms with Crippen molar-refractivity contribution in [3.8, 4) is 5.75 Å². The molecule has 7 nitrogen and oxygen atoms in total. The number of hydrogen-bond donors (Lipinski definition) is 2. The van der Waals surface area contributed by atoms with Crippen LogP contribution in [0, 0.1) is 5.92 Å². The van der Waals surface area contributed by atoms with Gasteiger partial charge in [-0.05, 0) is 54.3 Å². The molecule has 2 atom stereocenters. The van der Waals surface area contributed by atoms with Crippen LogP contribution in [-0.4, -0.2) is 56.1 Å². The first kappa shape index (κ1) is 28.7. The lowest BCUT2D eigenvalue weighted by molar-refractivity contribution is 0.0776. The molecule has 0 unspecified atom stereocenters. The van der Waals surface area contributed by atoms with E-state index in [4.69, 9.17) is 16.3 Å². The minimum Gasteiger partial charge on any atom is -0.497 e. The first-order chi connectivity index (χ1) is 17.6. The van der Waals surface area contributed by atoms with Crippen LogP contribution in [0.25, 0.3) is 0 Å². The molecule has 0 saturated heterocycles. The van der Waals surface area contributed by atoms with Crippen molar-refractivity contribution in [2.75, 3.05) is 20.2 Å². The van der Waals surface area contributed by atoms with Crippen molar-refractivity contribution < 1.29 is 23.1 Å². The Labute approximate surface area is 224 Å². The van der Waals surface area contributed by atoms with Crippen LogP contribution >= 0.6 is 11.6 Å². The third-order valence-corrected chi connectivity index (χ3v) is 8.03. The van der Waals surface area contributed by atoms with Gasteiger partial charge >= 0.3 is 0 Å². The van der Waals surface area contributed by atoms with Gasteiger partial charge in [-0.2, -0.15) is 4.31 Å². The predicted octanol–water partition coefficient (Wildman–Crippen LogP) is 4.40. The number of benzene rings is 3. The number of carbonyl (C=O) groups is 1. The summed E-state index contributed by atoms with van der Waals surface area (Å²) in [5.74, 6) is 0.101. The molecule has 0 saturated carbocycles. The molecule has 0 aliphatic carbocycles. The third kappa shape index (κ3) is 7.79. The number of methoxy groups -OCH3 is 1. The van der Waals surface area contributed by atoms with Crippen molar-refractivity contribution in [3.63, 3.8) is 0 Å². The van der Waals surface area contributed by atoms with E-state index in [0.717, 1.165) is 5.56 Å². The maximum absolute atomic E-state index is 13.5. The van der Waals surface area contributed by atoms with Gasteiger partial charge in [0.05, 0.1) is 34.7 Å². The molecule has 2 N–H and O–H groups in total. The van der Waals surface area contributed by atoms with Crippen LogP contribution in [0.5, 0.6) is 5.75 Å².